The largest absolute Gasteiger partial charge is 0.486 e. The number of benzene rings is 2. The van der Waals surface area contributed by atoms with Crippen molar-refractivity contribution < 1.29 is 14.6 Å². The van der Waals surface area contributed by atoms with Gasteiger partial charge in [0, 0.05) is 13.1 Å². The lowest BCUT2D eigenvalue weighted by atomic mass is 10.1. The Kier molecular flexibility index (Phi) is 4.38. The van der Waals surface area contributed by atoms with Crippen LogP contribution in [-0.4, -0.2) is 30.9 Å². The molecule has 110 valence electrons. The fourth-order valence-corrected chi connectivity index (χ4v) is 2.34. The van der Waals surface area contributed by atoms with Crippen LogP contribution in [0.4, 0.5) is 0 Å². The zero-order valence-electron chi connectivity index (χ0n) is 11.7. The Morgan fingerprint density at radius 1 is 1.05 bits per heavy atom. The molecule has 3 rings (SSSR count). The van der Waals surface area contributed by atoms with Crippen LogP contribution in [-0.2, 0) is 0 Å². The molecule has 2 aromatic rings. The maximum absolute atomic E-state index is 10.1. The normalized spacial score (nSPS) is 18.2. The smallest absolute Gasteiger partial charge is 0.161 e. The van der Waals surface area contributed by atoms with Gasteiger partial charge in [-0.3, -0.25) is 0 Å². The molecule has 1 heterocycles. The average molecular weight is 285 g/mol. The van der Waals surface area contributed by atoms with Crippen molar-refractivity contribution in [2.24, 2.45) is 0 Å². The third-order valence-electron chi connectivity index (χ3n) is 3.46. The molecule has 0 unspecified atom stereocenters. The van der Waals surface area contributed by atoms with Crippen LogP contribution in [0.1, 0.15) is 11.7 Å². The summed E-state index contributed by atoms with van der Waals surface area (Å²) in [4.78, 5) is 0. The lowest BCUT2D eigenvalue weighted by Crippen LogP contribution is -2.39. The Bertz CT molecular complexity index is 573. The van der Waals surface area contributed by atoms with Crippen molar-refractivity contribution in [3.63, 3.8) is 0 Å². The van der Waals surface area contributed by atoms with Gasteiger partial charge in [0.1, 0.15) is 12.7 Å². The van der Waals surface area contributed by atoms with E-state index in [9.17, 15) is 5.11 Å². The van der Waals surface area contributed by atoms with Gasteiger partial charge in [-0.2, -0.15) is 0 Å². The van der Waals surface area contributed by atoms with E-state index in [1.165, 1.54) is 0 Å². The first-order valence-corrected chi connectivity index (χ1v) is 7.15. The summed E-state index contributed by atoms with van der Waals surface area (Å²) in [5, 5.41) is 13.3. The molecule has 0 fully saturated rings. The SMILES string of the molecule is O[C@@H](CNC[C@@H]1COc2ccccc2O1)c1ccccc1. The van der Waals surface area contributed by atoms with Gasteiger partial charge in [-0.1, -0.05) is 42.5 Å². The predicted molar refractivity (Wildman–Crippen MR) is 80.6 cm³/mol. The minimum Gasteiger partial charge on any atom is -0.486 e. The van der Waals surface area contributed by atoms with Crippen molar-refractivity contribution in [2.45, 2.75) is 12.2 Å². The molecule has 4 nitrogen and oxygen atoms in total. The van der Waals surface area contributed by atoms with Crippen molar-refractivity contribution >= 4 is 0 Å². The monoisotopic (exact) mass is 285 g/mol. The van der Waals surface area contributed by atoms with Crippen molar-refractivity contribution in [1.82, 2.24) is 5.32 Å². The summed E-state index contributed by atoms with van der Waals surface area (Å²) >= 11 is 0. The zero-order valence-corrected chi connectivity index (χ0v) is 11.7. The van der Waals surface area contributed by atoms with Crippen molar-refractivity contribution in [1.29, 1.82) is 0 Å². The first kappa shape index (κ1) is 13.9. The van der Waals surface area contributed by atoms with Gasteiger partial charge in [0.25, 0.3) is 0 Å². The zero-order chi connectivity index (χ0) is 14.5. The highest BCUT2D eigenvalue weighted by atomic mass is 16.6. The lowest BCUT2D eigenvalue weighted by molar-refractivity contribution is 0.0858. The molecule has 2 N–H and O–H groups in total. The Balaban J connectivity index is 1.47. The summed E-state index contributed by atoms with van der Waals surface area (Å²) in [6.45, 7) is 1.65. The Labute approximate surface area is 124 Å². The second kappa shape index (κ2) is 6.61. The first-order valence-electron chi connectivity index (χ1n) is 7.15. The predicted octanol–water partition coefficient (Wildman–Crippen LogP) is 2.15. The third-order valence-corrected chi connectivity index (χ3v) is 3.46. The number of para-hydroxylation sites is 2. The molecule has 21 heavy (non-hydrogen) atoms. The molecule has 0 saturated heterocycles. The minimum atomic E-state index is -0.511. The number of aliphatic hydroxyl groups excluding tert-OH is 1. The van der Waals surface area contributed by atoms with Crippen molar-refractivity contribution in [3.05, 3.63) is 60.2 Å². The molecule has 0 aliphatic carbocycles. The minimum absolute atomic E-state index is 0.0390. The molecule has 0 spiro atoms. The van der Waals surface area contributed by atoms with E-state index in [-0.39, 0.29) is 6.10 Å². The fourth-order valence-electron chi connectivity index (χ4n) is 2.34. The standard InChI is InChI=1S/C17H19NO3/c19-15(13-6-2-1-3-7-13)11-18-10-14-12-20-16-8-4-5-9-17(16)21-14/h1-9,14-15,18-19H,10-12H2/t14-,15+/m1/s1. The van der Waals surface area contributed by atoms with Crippen LogP contribution in [0.2, 0.25) is 0 Å². The Morgan fingerprint density at radius 2 is 1.76 bits per heavy atom. The van der Waals surface area contributed by atoms with Gasteiger partial charge in [0.2, 0.25) is 0 Å². The summed E-state index contributed by atoms with van der Waals surface area (Å²) in [6.07, 6.45) is -0.550. The van der Waals surface area contributed by atoms with Crippen LogP contribution in [0.3, 0.4) is 0 Å². The van der Waals surface area contributed by atoms with E-state index in [0.29, 0.717) is 19.7 Å². The van der Waals surface area contributed by atoms with E-state index in [4.69, 9.17) is 9.47 Å². The molecule has 0 amide bonds. The molecule has 2 aromatic carbocycles. The highest BCUT2D eigenvalue weighted by molar-refractivity contribution is 5.40. The van der Waals surface area contributed by atoms with Crippen LogP contribution in [0, 0.1) is 0 Å². The quantitative estimate of drug-likeness (QED) is 0.884. The molecule has 1 aliphatic heterocycles. The number of fused-ring (bicyclic) bond motifs is 1. The second-order valence-corrected chi connectivity index (χ2v) is 5.08. The number of hydrogen-bond acceptors (Lipinski definition) is 4. The fraction of sp³-hybridized carbons (Fsp3) is 0.294. The van der Waals surface area contributed by atoms with Crippen molar-refractivity contribution in [3.8, 4) is 11.5 Å². The van der Waals surface area contributed by atoms with Gasteiger partial charge in [-0.05, 0) is 17.7 Å². The maximum Gasteiger partial charge on any atom is 0.161 e. The highest BCUT2D eigenvalue weighted by Gasteiger charge is 2.20. The average Bonchev–Trinajstić information content (AvgIpc) is 2.55. The van der Waals surface area contributed by atoms with Crippen molar-refractivity contribution in [2.75, 3.05) is 19.7 Å². The van der Waals surface area contributed by atoms with E-state index in [1.54, 1.807) is 0 Å². The number of aliphatic hydroxyl groups is 1. The molecule has 0 radical (unpaired) electrons. The molecule has 2 atom stereocenters. The molecular weight excluding hydrogens is 266 g/mol. The summed E-state index contributed by atoms with van der Waals surface area (Å²) in [7, 11) is 0. The van der Waals surface area contributed by atoms with Crippen LogP contribution in [0.25, 0.3) is 0 Å². The summed E-state index contributed by atoms with van der Waals surface area (Å²) in [6, 6.07) is 17.3. The van der Waals surface area contributed by atoms with E-state index < -0.39 is 6.10 Å². The van der Waals surface area contributed by atoms with Gasteiger partial charge in [-0.25, -0.2) is 0 Å². The van der Waals surface area contributed by atoms with E-state index in [0.717, 1.165) is 17.1 Å². The van der Waals surface area contributed by atoms with E-state index in [1.807, 2.05) is 54.6 Å². The molecule has 4 heteroatoms. The van der Waals surface area contributed by atoms with Gasteiger partial charge >= 0.3 is 0 Å². The molecule has 0 bridgehead atoms. The molecular formula is C17H19NO3. The summed E-state index contributed by atoms with van der Waals surface area (Å²) < 4.78 is 11.5. The molecule has 0 saturated carbocycles. The second-order valence-electron chi connectivity index (χ2n) is 5.08. The number of nitrogens with one attached hydrogen (secondary N) is 1. The maximum atomic E-state index is 10.1. The van der Waals surface area contributed by atoms with Gasteiger partial charge in [0.05, 0.1) is 6.10 Å². The Hall–Kier alpha value is -2.04. The van der Waals surface area contributed by atoms with Crippen LogP contribution >= 0.6 is 0 Å². The van der Waals surface area contributed by atoms with Gasteiger partial charge in [-0.15, -0.1) is 0 Å². The highest BCUT2D eigenvalue weighted by Crippen LogP contribution is 2.30. The summed E-state index contributed by atoms with van der Waals surface area (Å²) in [5.74, 6) is 1.57. The lowest BCUT2D eigenvalue weighted by Gasteiger charge is -2.27. The van der Waals surface area contributed by atoms with E-state index in [2.05, 4.69) is 5.32 Å². The topological polar surface area (TPSA) is 50.7 Å². The van der Waals surface area contributed by atoms with Crippen LogP contribution < -0.4 is 14.8 Å². The van der Waals surface area contributed by atoms with Crippen LogP contribution in [0.5, 0.6) is 11.5 Å². The van der Waals surface area contributed by atoms with Gasteiger partial charge < -0.3 is 19.9 Å². The number of hydrogen-bond donors (Lipinski definition) is 2. The molecule has 1 aliphatic rings. The molecule has 0 aromatic heterocycles. The number of rotatable bonds is 5. The van der Waals surface area contributed by atoms with E-state index >= 15 is 0 Å². The third kappa shape index (κ3) is 3.54. The Morgan fingerprint density at radius 3 is 2.57 bits per heavy atom. The number of ether oxygens (including phenoxy) is 2. The van der Waals surface area contributed by atoms with Crippen LogP contribution in [0.15, 0.2) is 54.6 Å². The van der Waals surface area contributed by atoms with Gasteiger partial charge in [0.15, 0.2) is 11.5 Å². The summed E-state index contributed by atoms with van der Waals surface area (Å²) in [5.41, 5.74) is 0.913. The first-order chi connectivity index (χ1) is 10.3.